The van der Waals surface area contributed by atoms with E-state index in [1.54, 1.807) is 20.2 Å². The van der Waals surface area contributed by atoms with Crippen molar-refractivity contribution in [1.82, 2.24) is 15.2 Å². The highest BCUT2D eigenvalue weighted by Crippen LogP contribution is 2.28. The zero-order chi connectivity index (χ0) is 25.8. The van der Waals surface area contributed by atoms with Crippen molar-refractivity contribution in [2.24, 2.45) is 5.92 Å². The number of carbonyl (C=O) groups excluding carboxylic acids is 3. The van der Waals surface area contributed by atoms with E-state index in [2.05, 4.69) is 36.0 Å². The first-order valence-corrected chi connectivity index (χ1v) is 15.9. The molecule has 1 aromatic carbocycles. The van der Waals surface area contributed by atoms with Gasteiger partial charge in [-0.3, -0.25) is 14.4 Å². The van der Waals surface area contributed by atoms with Gasteiger partial charge in [0.1, 0.15) is 29.3 Å². The van der Waals surface area contributed by atoms with Gasteiger partial charge in [-0.05, 0) is 43.5 Å². The van der Waals surface area contributed by atoms with Crippen LogP contribution < -0.4 is 10.1 Å². The maximum absolute atomic E-state index is 13.4. The number of ether oxygens (including phenoxy) is 1. The molecule has 3 unspecified atom stereocenters. The van der Waals surface area contributed by atoms with Gasteiger partial charge in [-0.2, -0.15) is 5.26 Å². The number of rotatable bonds is 9. The maximum Gasteiger partial charge on any atom is 0.270 e. The Labute approximate surface area is 208 Å². The summed E-state index contributed by atoms with van der Waals surface area (Å²) in [5, 5.41) is 13.3. The largest absolute Gasteiger partial charge is 0.496 e. The van der Waals surface area contributed by atoms with E-state index in [1.165, 1.54) is 4.90 Å². The van der Waals surface area contributed by atoms with E-state index < -0.39 is 20.2 Å². The Balaban J connectivity index is 1.80. The highest BCUT2D eigenvalue weighted by molar-refractivity contribution is 6.76. The molecule has 1 aliphatic carbocycles. The van der Waals surface area contributed by atoms with Crippen LogP contribution in [0.5, 0.6) is 5.75 Å². The summed E-state index contributed by atoms with van der Waals surface area (Å²) in [4.78, 5) is 43.7. The molecular formula is C26H36N4O4Si. The number of amides is 2. The number of nitrogens with one attached hydrogen (secondary N) is 2. The van der Waals surface area contributed by atoms with Gasteiger partial charge >= 0.3 is 0 Å². The topological polar surface area (TPSA) is 115 Å². The molecule has 3 rings (SSSR count). The Morgan fingerprint density at radius 2 is 2.06 bits per heavy atom. The smallest absolute Gasteiger partial charge is 0.270 e. The number of aromatic nitrogens is 1. The molecule has 0 radical (unpaired) electrons. The molecule has 1 aromatic heterocycles. The molecule has 0 spiro atoms. The molecule has 2 amide bonds. The average molecular weight is 497 g/mol. The van der Waals surface area contributed by atoms with Crippen LogP contribution >= 0.6 is 0 Å². The van der Waals surface area contributed by atoms with Crippen LogP contribution in [0.4, 0.5) is 0 Å². The lowest BCUT2D eigenvalue weighted by molar-refractivity contribution is -0.127. The molecular weight excluding hydrogens is 460 g/mol. The normalized spacial score (nSPS) is 17.9. The summed E-state index contributed by atoms with van der Waals surface area (Å²) in [6.07, 6.45) is 3.48. The Morgan fingerprint density at radius 3 is 2.69 bits per heavy atom. The van der Waals surface area contributed by atoms with E-state index in [-0.39, 0.29) is 23.5 Å². The van der Waals surface area contributed by atoms with Gasteiger partial charge in [0.15, 0.2) is 0 Å². The Morgan fingerprint density at radius 1 is 1.31 bits per heavy atom. The van der Waals surface area contributed by atoms with Crippen LogP contribution in [0.3, 0.4) is 0 Å². The second-order valence-electron chi connectivity index (χ2n) is 10.6. The number of ketones is 1. The third-order valence-electron chi connectivity index (χ3n) is 6.64. The number of hydrogen-bond acceptors (Lipinski definition) is 5. The van der Waals surface area contributed by atoms with Crippen molar-refractivity contribution in [2.75, 3.05) is 14.2 Å². The van der Waals surface area contributed by atoms with E-state index in [1.807, 2.05) is 18.2 Å². The third-order valence-corrected chi connectivity index (χ3v) is 8.26. The molecule has 1 heterocycles. The molecule has 2 N–H and O–H groups in total. The number of H-pyrrole nitrogens is 1. The second kappa shape index (κ2) is 11.1. The van der Waals surface area contributed by atoms with Gasteiger partial charge < -0.3 is 19.9 Å². The van der Waals surface area contributed by atoms with Crippen LogP contribution in [0.15, 0.2) is 24.3 Å². The van der Waals surface area contributed by atoms with Crippen molar-refractivity contribution in [3.63, 3.8) is 0 Å². The summed E-state index contributed by atoms with van der Waals surface area (Å²) >= 11 is 0. The molecule has 188 valence electrons. The van der Waals surface area contributed by atoms with Crippen molar-refractivity contribution < 1.29 is 19.1 Å². The van der Waals surface area contributed by atoms with Crippen molar-refractivity contribution in [2.45, 2.75) is 69.9 Å². The van der Waals surface area contributed by atoms with Crippen LogP contribution in [0.2, 0.25) is 25.7 Å². The molecule has 3 atom stereocenters. The number of nitriles is 1. The number of fused-ring (bicyclic) bond motifs is 1. The van der Waals surface area contributed by atoms with Crippen molar-refractivity contribution in [3.8, 4) is 11.8 Å². The monoisotopic (exact) mass is 496 g/mol. The fourth-order valence-electron chi connectivity index (χ4n) is 4.74. The van der Waals surface area contributed by atoms with Crippen LogP contribution in [0.25, 0.3) is 10.9 Å². The molecule has 8 nitrogen and oxygen atoms in total. The molecule has 0 saturated heterocycles. The lowest BCUT2D eigenvalue weighted by Gasteiger charge is -2.32. The molecule has 1 fully saturated rings. The lowest BCUT2D eigenvalue weighted by Crippen LogP contribution is -2.53. The van der Waals surface area contributed by atoms with E-state index in [9.17, 15) is 19.6 Å². The minimum absolute atomic E-state index is 0.172. The fourth-order valence-corrected chi connectivity index (χ4v) is 6.36. The first-order chi connectivity index (χ1) is 16.5. The molecule has 35 heavy (non-hydrogen) atoms. The number of benzene rings is 1. The van der Waals surface area contributed by atoms with E-state index >= 15 is 0 Å². The first-order valence-electron chi connectivity index (χ1n) is 12.2. The van der Waals surface area contributed by atoms with Crippen LogP contribution in [0, 0.1) is 17.2 Å². The van der Waals surface area contributed by atoms with Gasteiger partial charge in [0.25, 0.3) is 5.91 Å². The second-order valence-corrected chi connectivity index (χ2v) is 16.2. The number of methoxy groups -OCH3 is 1. The summed E-state index contributed by atoms with van der Waals surface area (Å²) < 4.78 is 5.40. The molecule has 0 bridgehead atoms. The lowest BCUT2D eigenvalue weighted by atomic mass is 9.84. The summed E-state index contributed by atoms with van der Waals surface area (Å²) in [7, 11) is 1.43. The number of Topliss-reactive ketones (excluding diaryl/α,β-unsaturated/α-hetero) is 1. The summed E-state index contributed by atoms with van der Waals surface area (Å²) in [6, 6.07) is 8.49. The average Bonchev–Trinajstić information content (AvgIpc) is 3.26. The number of nitrogens with zero attached hydrogens (tertiary/aromatic N) is 2. The summed E-state index contributed by atoms with van der Waals surface area (Å²) in [5.74, 6) is -0.0221. The van der Waals surface area contributed by atoms with Crippen molar-refractivity contribution >= 4 is 36.6 Å². The van der Waals surface area contributed by atoms with Gasteiger partial charge in [-0.1, -0.05) is 32.1 Å². The highest BCUT2D eigenvalue weighted by Gasteiger charge is 2.35. The predicted molar refractivity (Wildman–Crippen MR) is 138 cm³/mol. The Kier molecular flexibility index (Phi) is 8.38. The fraction of sp³-hybridized carbons (Fsp3) is 0.538. The number of likely N-dealkylation sites (N-methyl/N-ethyl adjacent to an activating group) is 1. The van der Waals surface area contributed by atoms with Crippen molar-refractivity contribution in [1.29, 1.82) is 5.26 Å². The molecule has 1 saturated carbocycles. The predicted octanol–water partition coefficient (Wildman–Crippen LogP) is 4.11. The minimum atomic E-state index is -1.78. The highest BCUT2D eigenvalue weighted by atomic mass is 28.3. The van der Waals surface area contributed by atoms with Crippen LogP contribution in [-0.2, 0) is 9.59 Å². The molecule has 9 heteroatoms. The Hall–Kier alpha value is -3.12. The number of carbonyl (C=O) groups is 3. The van der Waals surface area contributed by atoms with Crippen LogP contribution in [0.1, 0.15) is 42.6 Å². The zero-order valence-corrected chi connectivity index (χ0v) is 22.3. The van der Waals surface area contributed by atoms with Gasteiger partial charge in [-0.15, -0.1) is 0 Å². The molecule has 1 aliphatic rings. The van der Waals surface area contributed by atoms with Gasteiger partial charge in [0.2, 0.25) is 5.91 Å². The van der Waals surface area contributed by atoms with E-state index in [4.69, 9.17) is 4.74 Å². The van der Waals surface area contributed by atoms with E-state index in [0.29, 0.717) is 30.3 Å². The Bertz CT molecular complexity index is 1130. The quantitative estimate of drug-likeness (QED) is 0.507. The SMILES string of the molecule is COc1cccc2[nH]c(C(=O)N(C)C(C[Si](C)(C)C)C(=O)NC(C#N)CC3CCCCC3=O)cc12. The zero-order valence-electron chi connectivity index (χ0n) is 21.3. The summed E-state index contributed by atoms with van der Waals surface area (Å²) in [6.45, 7) is 6.42. The van der Waals surface area contributed by atoms with Gasteiger partial charge in [-0.25, -0.2) is 0 Å². The molecule has 2 aromatic rings. The van der Waals surface area contributed by atoms with Gasteiger partial charge in [0, 0.05) is 38.4 Å². The van der Waals surface area contributed by atoms with Gasteiger partial charge in [0.05, 0.1) is 13.2 Å². The van der Waals surface area contributed by atoms with E-state index in [0.717, 1.165) is 30.2 Å². The minimum Gasteiger partial charge on any atom is -0.496 e. The number of hydrogen-bond donors (Lipinski definition) is 2. The standard InChI is InChI=1S/C26H36N4O4Si/c1-30(26(33)21-14-19-20(29-21)10-8-12-24(19)34-2)22(16-35(3,4)5)25(32)28-18(15-27)13-17-9-6-7-11-23(17)31/h8,10,12,14,17-18,22,29H,6-7,9,11,13,16H2,1-5H3,(H,28,32). The van der Waals surface area contributed by atoms with Crippen LogP contribution in [-0.4, -0.2) is 61.8 Å². The first kappa shape index (κ1) is 26.5. The number of aromatic amines is 1. The third kappa shape index (κ3) is 6.51. The maximum atomic E-state index is 13.4. The van der Waals surface area contributed by atoms with Crippen molar-refractivity contribution in [3.05, 3.63) is 30.0 Å². The molecule has 0 aliphatic heterocycles. The summed E-state index contributed by atoms with van der Waals surface area (Å²) in [5.41, 5.74) is 1.14.